The summed E-state index contributed by atoms with van der Waals surface area (Å²) in [4.78, 5) is 59.3. The molecule has 0 rings (SSSR count). The Morgan fingerprint density at radius 1 is 0.218 bits per heavy atom. The summed E-state index contributed by atoms with van der Waals surface area (Å²) in [5.74, 6) is -1.56. The number of unbranched alkanes of at least 4 members (excludes halogenated alkanes) is 52. The molecule has 766 valence electrons. The number of aliphatic hydroxyl groups is 2. The normalized spacial score (nSPS) is 14.2. The Labute approximate surface area is 815 Å². The smallest absolute Gasteiger partial charge is 0.463 e. The van der Waals surface area contributed by atoms with Gasteiger partial charge < -0.3 is 34.2 Å². The molecule has 16 nitrogen and oxygen atoms in total. The van der Waals surface area contributed by atoms with E-state index in [0.717, 1.165) is 148 Å². The van der Waals surface area contributed by atoms with Crippen molar-refractivity contribution in [2.45, 2.75) is 501 Å². The fourth-order valence-electron chi connectivity index (χ4n) is 15.2. The van der Waals surface area contributed by atoms with Crippen LogP contribution in [-0.4, -0.2) is 95.9 Å². The standard InChI is InChI=1S/C115H200O16P2/c1-4-7-10-13-16-19-22-25-28-31-34-37-40-43-46-49-52-54-57-59-62-65-68-71-74-77-80-83-86-89-92-95-98-101-113(118)125-104-110(116)105-127-132(121,122)128-106-111(117)107-129-133(123,124)130-109-112(131-115(120)103-100-97-94-91-88-85-82-79-76-73-70-67-64-61-56-51-48-45-42-39-36-33-30-27-24-21-18-15-12-9-6-3)108-126-114(119)102-99-96-93-90-87-84-81-78-75-72-69-66-63-60-58-55-53-50-47-44-41-38-35-32-29-26-23-20-17-14-11-8-5-2/h9,12,16-21,25-30,34-39,43-48,56,61,110-112,116-117H,4-8,10-11,13-15,22-24,31-33,40-42,49-55,57-60,62-109H2,1-3H3,(H,121,122)(H,123,124)/b12-9-,19-16-,20-17-,21-18-,28-25-,29-26-,30-27-,37-34-,38-35-,39-36-,46-43-,47-44-,48-45-,61-56-. The van der Waals surface area contributed by atoms with Gasteiger partial charge in [0, 0.05) is 19.3 Å². The zero-order valence-electron chi connectivity index (χ0n) is 85.1. The van der Waals surface area contributed by atoms with Crippen LogP contribution in [0.25, 0.3) is 0 Å². The molecule has 0 aliphatic carbocycles. The van der Waals surface area contributed by atoms with E-state index in [0.29, 0.717) is 19.3 Å². The minimum Gasteiger partial charge on any atom is -0.463 e. The Bertz CT molecular complexity index is 3100. The molecule has 0 aromatic rings. The predicted molar refractivity (Wildman–Crippen MR) is 565 cm³/mol. The van der Waals surface area contributed by atoms with Gasteiger partial charge in [0.2, 0.25) is 0 Å². The number of phosphoric acid groups is 2. The fourth-order valence-corrected chi connectivity index (χ4v) is 16.8. The van der Waals surface area contributed by atoms with Crippen LogP contribution < -0.4 is 0 Å². The molecule has 0 saturated carbocycles. The first-order chi connectivity index (χ1) is 65.2. The van der Waals surface area contributed by atoms with Crippen LogP contribution in [0.3, 0.4) is 0 Å². The lowest BCUT2D eigenvalue weighted by Gasteiger charge is -2.21. The summed E-state index contributed by atoms with van der Waals surface area (Å²) in [6.45, 7) is 2.60. The van der Waals surface area contributed by atoms with E-state index in [1.165, 1.54) is 276 Å². The minimum absolute atomic E-state index is 0.0994. The van der Waals surface area contributed by atoms with Crippen LogP contribution in [0.15, 0.2) is 170 Å². The third-order valence-electron chi connectivity index (χ3n) is 23.4. The van der Waals surface area contributed by atoms with Crippen LogP contribution in [0, 0.1) is 0 Å². The molecule has 18 heteroatoms. The van der Waals surface area contributed by atoms with E-state index >= 15 is 0 Å². The molecule has 0 heterocycles. The van der Waals surface area contributed by atoms with Gasteiger partial charge in [-0.3, -0.25) is 32.5 Å². The Balaban J connectivity index is 4.61. The van der Waals surface area contributed by atoms with Crippen LogP contribution in [0.1, 0.15) is 483 Å². The minimum atomic E-state index is -4.95. The highest BCUT2D eigenvalue weighted by Crippen LogP contribution is 2.45. The third-order valence-corrected chi connectivity index (χ3v) is 25.3. The van der Waals surface area contributed by atoms with Gasteiger partial charge >= 0.3 is 33.6 Å². The highest BCUT2D eigenvalue weighted by molar-refractivity contribution is 7.47. The molecule has 0 aliphatic heterocycles. The van der Waals surface area contributed by atoms with E-state index in [9.17, 15) is 43.5 Å². The number of rotatable bonds is 103. The van der Waals surface area contributed by atoms with E-state index in [2.05, 4.69) is 191 Å². The molecule has 133 heavy (non-hydrogen) atoms. The second kappa shape index (κ2) is 106. The van der Waals surface area contributed by atoms with Crippen LogP contribution in [-0.2, 0) is 55.8 Å². The maximum Gasteiger partial charge on any atom is 0.472 e. The van der Waals surface area contributed by atoms with Crippen LogP contribution in [0.5, 0.6) is 0 Å². The van der Waals surface area contributed by atoms with Crippen molar-refractivity contribution in [2.24, 2.45) is 0 Å². The molecule has 0 saturated heterocycles. The van der Waals surface area contributed by atoms with Crippen molar-refractivity contribution in [1.29, 1.82) is 0 Å². The molecular weight excluding hydrogens is 1700 g/mol. The highest BCUT2D eigenvalue weighted by Gasteiger charge is 2.30. The van der Waals surface area contributed by atoms with Crippen molar-refractivity contribution in [2.75, 3.05) is 39.6 Å². The van der Waals surface area contributed by atoms with Gasteiger partial charge in [-0.2, -0.15) is 0 Å². The summed E-state index contributed by atoms with van der Waals surface area (Å²) in [7, 11) is -9.82. The molecule has 5 atom stereocenters. The van der Waals surface area contributed by atoms with E-state index < -0.39 is 91.5 Å². The summed E-state index contributed by atoms with van der Waals surface area (Å²) in [6, 6.07) is 0. The molecule has 0 aromatic carbocycles. The highest BCUT2D eigenvalue weighted by atomic mass is 31.2. The molecule has 0 aliphatic rings. The van der Waals surface area contributed by atoms with Crippen molar-refractivity contribution in [3.63, 3.8) is 0 Å². The lowest BCUT2D eigenvalue weighted by atomic mass is 10.0. The van der Waals surface area contributed by atoms with Crippen LogP contribution in [0.4, 0.5) is 0 Å². The summed E-state index contributed by atoms with van der Waals surface area (Å²) in [5.41, 5.74) is 0. The SMILES string of the molecule is CC/C=C\C/C=C\C/C=C\C/C=C\C/C=C\C/C=C\CCCCCCCCCCCCCCC(=O)OC(COC(=O)CCCCCCCCCCCCCCCCCCC/C=C\C/C=C\C/C=C\C/C=C\CCCCC)COP(=O)(O)OCC(O)COP(=O)(O)OCC(O)COC(=O)CCCCCCCCCCCCCCCCCCC/C=C\C/C=C\C/C=C\C/C=C\CCCCC. The van der Waals surface area contributed by atoms with Crippen molar-refractivity contribution >= 4 is 33.6 Å². The molecule has 0 amide bonds. The Morgan fingerprint density at radius 2 is 0.398 bits per heavy atom. The molecule has 0 aromatic heterocycles. The number of carbonyl (C=O) groups is 3. The summed E-state index contributed by atoms with van der Waals surface area (Å²) < 4.78 is 61.8. The third kappa shape index (κ3) is 107. The van der Waals surface area contributed by atoms with Gasteiger partial charge in [0.05, 0.1) is 26.4 Å². The van der Waals surface area contributed by atoms with E-state index in [1.54, 1.807) is 0 Å². The van der Waals surface area contributed by atoms with Gasteiger partial charge in [-0.1, -0.05) is 473 Å². The summed E-state index contributed by atoms with van der Waals surface area (Å²) in [5, 5.41) is 20.8. The lowest BCUT2D eigenvalue weighted by Crippen LogP contribution is -2.30. The molecule has 0 spiro atoms. The number of hydrogen-bond donors (Lipinski definition) is 4. The monoisotopic (exact) mass is 1900 g/mol. The van der Waals surface area contributed by atoms with Gasteiger partial charge in [0.15, 0.2) is 6.10 Å². The second-order valence-electron chi connectivity index (χ2n) is 36.4. The Hall–Kier alpha value is -5.09. The predicted octanol–water partition coefficient (Wildman–Crippen LogP) is 34.9. The van der Waals surface area contributed by atoms with Gasteiger partial charge in [-0.05, 0) is 161 Å². The number of carbonyl (C=O) groups excluding carboxylic acids is 3. The number of phosphoric ester groups is 2. The van der Waals surface area contributed by atoms with Crippen LogP contribution >= 0.6 is 15.6 Å². The molecule has 0 bridgehead atoms. The lowest BCUT2D eigenvalue weighted by molar-refractivity contribution is -0.161. The van der Waals surface area contributed by atoms with Crippen molar-refractivity contribution in [1.82, 2.24) is 0 Å². The first-order valence-electron chi connectivity index (χ1n) is 54.4. The molecule has 0 radical (unpaired) electrons. The number of aliphatic hydroxyl groups excluding tert-OH is 2. The average molecular weight is 1900 g/mol. The average Bonchev–Trinajstić information content (AvgIpc) is 0.896. The number of hydrogen-bond acceptors (Lipinski definition) is 14. The first kappa shape index (κ1) is 128. The molecular formula is C115H200O16P2. The van der Waals surface area contributed by atoms with Gasteiger partial charge in [0.1, 0.15) is 25.4 Å². The van der Waals surface area contributed by atoms with Crippen molar-refractivity contribution < 1.29 is 75.8 Å². The van der Waals surface area contributed by atoms with E-state index in [-0.39, 0.29) is 19.3 Å². The van der Waals surface area contributed by atoms with Gasteiger partial charge in [0.25, 0.3) is 0 Å². The number of allylic oxidation sites excluding steroid dienone is 28. The number of ether oxygens (including phenoxy) is 3. The largest absolute Gasteiger partial charge is 0.472 e. The molecule has 5 unspecified atom stereocenters. The van der Waals surface area contributed by atoms with Gasteiger partial charge in [-0.15, -0.1) is 0 Å². The zero-order chi connectivity index (χ0) is 96.4. The number of esters is 3. The quantitative estimate of drug-likeness (QED) is 0.0146. The van der Waals surface area contributed by atoms with E-state index in [1.807, 2.05) is 0 Å². The van der Waals surface area contributed by atoms with Crippen LogP contribution in [0.2, 0.25) is 0 Å². The van der Waals surface area contributed by atoms with Gasteiger partial charge in [-0.25, -0.2) is 9.13 Å². The molecule has 0 fully saturated rings. The zero-order valence-corrected chi connectivity index (χ0v) is 86.9. The summed E-state index contributed by atoms with van der Waals surface area (Å²) >= 11 is 0. The topological polar surface area (TPSA) is 231 Å². The second-order valence-corrected chi connectivity index (χ2v) is 39.3. The fraction of sp³-hybridized carbons (Fsp3) is 0.730. The van der Waals surface area contributed by atoms with Crippen molar-refractivity contribution in [3.05, 3.63) is 170 Å². The summed E-state index contributed by atoms with van der Waals surface area (Å²) in [6.07, 6.45) is 140. The van der Waals surface area contributed by atoms with Crippen molar-refractivity contribution in [3.8, 4) is 0 Å². The van der Waals surface area contributed by atoms with E-state index in [4.69, 9.17) is 32.3 Å². The Kier molecular flexibility index (Phi) is 102. The molecule has 4 N–H and O–H groups in total. The Morgan fingerprint density at radius 3 is 0.632 bits per heavy atom. The maximum atomic E-state index is 13.2. The maximum absolute atomic E-state index is 13.2. The first-order valence-corrected chi connectivity index (χ1v) is 57.4.